The molecule has 228 valence electrons. The molecule has 1 aliphatic heterocycles. The van der Waals surface area contributed by atoms with Crippen LogP contribution in [0.25, 0.3) is 10.8 Å². The molecular formula is C39H50N2OS. The zero-order valence-electron chi connectivity index (χ0n) is 26.0. The largest absolute Gasteiger partial charge is 0.390 e. The molecule has 3 nitrogen and oxygen atoms in total. The minimum atomic E-state index is -0.454. The van der Waals surface area contributed by atoms with Crippen molar-refractivity contribution in [3.8, 4) is 0 Å². The van der Waals surface area contributed by atoms with Crippen LogP contribution in [-0.4, -0.2) is 58.4 Å². The number of benzene rings is 4. The SMILES string of the molecule is CN(SCCc1cccc2ccccc12)C1CCC(CN2CCC(O)(CCCc3ccccc3)CC2)C1.c1ccccc1. The summed E-state index contributed by atoms with van der Waals surface area (Å²) in [4.78, 5) is 2.63. The maximum atomic E-state index is 11.1. The number of nitrogens with zero attached hydrogens (tertiary/aromatic N) is 2. The number of piperidine rings is 1. The summed E-state index contributed by atoms with van der Waals surface area (Å²) in [5.74, 6) is 1.94. The Morgan fingerprint density at radius 3 is 2.19 bits per heavy atom. The van der Waals surface area contributed by atoms with Gasteiger partial charge in [-0.2, -0.15) is 0 Å². The Hall–Kier alpha value is -2.63. The lowest BCUT2D eigenvalue weighted by molar-refractivity contribution is -0.0314. The molecule has 1 aliphatic carbocycles. The Kier molecular flexibility index (Phi) is 12.2. The number of aliphatic hydroxyl groups is 1. The van der Waals surface area contributed by atoms with Gasteiger partial charge in [0, 0.05) is 31.4 Å². The van der Waals surface area contributed by atoms with E-state index in [-0.39, 0.29) is 0 Å². The van der Waals surface area contributed by atoms with Gasteiger partial charge in [0.05, 0.1) is 5.60 Å². The van der Waals surface area contributed by atoms with Crippen molar-refractivity contribution < 1.29 is 5.11 Å². The minimum Gasteiger partial charge on any atom is -0.390 e. The lowest BCUT2D eigenvalue weighted by Crippen LogP contribution is -2.45. The van der Waals surface area contributed by atoms with Gasteiger partial charge in [0.15, 0.2) is 0 Å². The van der Waals surface area contributed by atoms with Crippen LogP contribution in [0.2, 0.25) is 0 Å². The highest BCUT2D eigenvalue weighted by Gasteiger charge is 2.34. The van der Waals surface area contributed by atoms with E-state index in [0.29, 0.717) is 6.04 Å². The zero-order valence-corrected chi connectivity index (χ0v) is 26.8. The Morgan fingerprint density at radius 2 is 1.44 bits per heavy atom. The molecule has 1 saturated heterocycles. The summed E-state index contributed by atoms with van der Waals surface area (Å²) < 4.78 is 2.55. The van der Waals surface area contributed by atoms with E-state index in [1.165, 1.54) is 47.7 Å². The third kappa shape index (κ3) is 9.94. The Morgan fingerprint density at radius 1 is 0.791 bits per heavy atom. The molecular weight excluding hydrogens is 545 g/mol. The summed E-state index contributed by atoms with van der Waals surface area (Å²) in [6, 6.07) is 38.8. The van der Waals surface area contributed by atoms with Crippen molar-refractivity contribution >= 4 is 22.7 Å². The normalized spacial score (nSPS) is 20.2. The molecule has 0 spiro atoms. The van der Waals surface area contributed by atoms with E-state index in [2.05, 4.69) is 89.0 Å². The van der Waals surface area contributed by atoms with Gasteiger partial charge in [-0.05, 0) is 92.7 Å². The second kappa shape index (κ2) is 16.4. The molecule has 2 atom stereocenters. The van der Waals surface area contributed by atoms with Gasteiger partial charge in [-0.3, -0.25) is 4.31 Å². The van der Waals surface area contributed by atoms with Crippen LogP contribution in [-0.2, 0) is 12.8 Å². The Balaban J connectivity index is 0.000000548. The van der Waals surface area contributed by atoms with E-state index in [9.17, 15) is 5.11 Å². The van der Waals surface area contributed by atoms with E-state index in [4.69, 9.17) is 0 Å². The quantitative estimate of drug-likeness (QED) is 0.176. The van der Waals surface area contributed by atoms with E-state index in [1.807, 2.05) is 48.3 Å². The summed E-state index contributed by atoms with van der Waals surface area (Å²) in [5, 5.41) is 13.9. The average molecular weight is 595 g/mol. The molecule has 0 bridgehead atoms. The van der Waals surface area contributed by atoms with E-state index in [0.717, 1.165) is 63.3 Å². The van der Waals surface area contributed by atoms with Crippen molar-refractivity contribution in [2.75, 3.05) is 32.4 Å². The monoisotopic (exact) mass is 594 g/mol. The molecule has 1 saturated carbocycles. The van der Waals surface area contributed by atoms with Gasteiger partial charge in [-0.1, -0.05) is 121 Å². The Labute approximate surface area is 264 Å². The molecule has 2 aliphatic rings. The van der Waals surface area contributed by atoms with Gasteiger partial charge in [-0.15, -0.1) is 0 Å². The first-order valence-electron chi connectivity index (χ1n) is 16.4. The van der Waals surface area contributed by atoms with Crippen LogP contribution in [0.3, 0.4) is 0 Å². The van der Waals surface area contributed by atoms with Crippen LogP contribution >= 0.6 is 11.9 Å². The number of aryl methyl sites for hydroxylation is 2. The summed E-state index contributed by atoms with van der Waals surface area (Å²) in [5.41, 5.74) is 2.40. The van der Waals surface area contributed by atoms with Crippen LogP contribution < -0.4 is 0 Å². The van der Waals surface area contributed by atoms with Gasteiger partial charge in [-0.25, -0.2) is 0 Å². The molecule has 1 heterocycles. The molecule has 1 N–H and O–H groups in total. The van der Waals surface area contributed by atoms with Crippen LogP contribution in [0.1, 0.15) is 56.1 Å². The first-order valence-corrected chi connectivity index (χ1v) is 17.3. The first kappa shape index (κ1) is 31.8. The molecule has 2 unspecified atom stereocenters. The summed E-state index contributed by atoms with van der Waals surface area (Å²) in [6.45, 7) is 3.32. The average Bonchev–Trinajstić information content (AvgIpc) is 3.53. The van der Waals surface area contributed by atoms with Crippen LogP contribution in [0.5, 0.6) is 0 Å². The molecule has 4 heteroatoms. The van der Waals surface area contributed by atoms with E-state index in [1.54, 1.807) is 0 Å². The fourth-order valence-corrected chi connectivity index (χ4v) is 7.88. The summed E-state index contributed by atoms with van der Waals surface area (Å²) >= 11 is 2.02. The summed E-state index contributed by atoms with van der Waals surface area (Å²) in [7, 11) is 2.30. The van der Waals surface area contributed by atoms with Crippen molar-refractivity contribution in [1.29, 1.82) is 0 Å². The number of rotatable bonds is 11. The molecule has 43 heavy (non-hydrogen) atoms. The van der Waals surface area contributed by atoms with Gasteiger partial charge in [0.2, 0.25) is 0 Å². The van der Waals surface area contributed by atoms with Gasteiger partial charge < -0.3 is 10.0 Å². The second-order valence-electron chi connectivity index (χ2n) is 12.6. The van der Waals surface area contributed by atoms with E-state index < -0.39 is 5.60 Å². The van der Waals surface area contributed by atoms with Gasteiger partial charge in [0.1, 0.15) is 0 Å². The highest BCUT2D eigenvalue weighted by Crippen LogP contribution is 2.34. The van der Waals surface area contributed by atoms with Crippen molar-refractivity contribution in [1.82, 2.24) is 9.21 Å². The van der Waals surface area contributed by atoms with Crippen molar-refractivity contribution in [3.63, 3.8) is 0 Å². The molecule has 0 radical (unpaired) electrons. The fraction of sp³-hybridized carbons (Fsp3) is 0.436. The van der Waals surface area contributed by atoms with Crippen LogP contribution in [0.4, 0.5) is 0 Å². The number of hydrogen-bond acceptors (Lipinski definition) is 4. The number of fused-ring (bicyclic) bond motifs is 1. The smallest absolute Gasteiger partial charge is 0.0672 e. The van der Waals surface area contributed by atoms with E-state index >= 15 is 0 Å². The van der Waals surface area contributed by atoms with Crippen molar-refractivity contribution in [2.24, 2.45) is 5.92 Å². The molecule has 2 fully saturated rings. The second-order valence-corrected chi connectivity index (χ2v) is 13.9. The third-order valence-corrected chi connectivity index (χ3v) is 10.6. The van der Waals surface area contributed by atoms with Crippen LogP contribution in [0.15, 0.2) is 109 Å². The fourth-order valence-electron chi connectivity index (χ4n) is 6.88. The minimum absolute atomic E-state index is 0.454. The standard InChI is InChI=1S/C33H44N2OS.C6H6/c1-34(37-24-18-30-14-7-13-29-12-5-6-15-32(29)30)31-17-16-28(25-31)26-35-22-20-33(36,21-23-35)19-8-11-27-9-3-2-4-10-27;1-2-4-6-5-3-1/h2-7,9-10,12-15,28,31,36H,8,11,16-26H2,1H3;1-6H. The molecule has 6 rings (SSSR count). The lowest BCUT2D eigenvalue weighted by atomic mass is 9.85. The highest BCUT2D eigenvalue weighted by molar-refractivity contribution is 7.97. The molecule has 0 amide bonds. The summed E-state index contributed by atoms with van der Waals surface area (Å²) in [6.07, 6.45) is 10.0. The topological polar surface area (TPSA) is 26.7 Å². The highest BCUT2D eigenvalue weighted by atomic mass is 32.2. The zero-order chi connectivity index (χ0) is 29.7. The maximum Gasteiger partial charge on any atom is 0.0672 e. The lowest BCUT2D eigenvalue weighted by Gasteiger charge is -2.39. The van der Waals surface area contributed by atoms with Crippen LogP contribution in [0, 0.1) is 5.92 Å². The number of likely N-dealkylation sites (tertiary alicyclic amines) is 1. The Bertz CT molecular complexity index is 1310. The molecule has 4 aromatic rings. The molecule has 4 aromatic carbocycles. The number of hydrogen-bond donors (Lipinski definition) is 1. The predicted molar refractivity (Wildman–Crippen MR) is 185 cm³/mol. The third-order valence-electron chi connectivity index (χ3n) is 9.49. The van der Waals surface area contributed by atoms with Crippen molar-refractivity contribution in [2.45, 2.75) is 69.4 Å². The molecule has 0 aromatic heterocycles. The predicted octanol–water partition coefficient (Wildman–Crippen LogP) is 8.67. The first-order chi connectivity index (χ1) is 21.1. The maximum absolute atomic E-state index is 11.1. The van der Waals surface area contributed by atoms with Gasteiger partial charge >= 0.3 is 0 Å². The van der Waals surface area contributed by atoms with Crippen molar-refractivity contribution in [3.05, 3.63) is 120 Å². The van der Waals surface area contributed by atoms with Gasteiger partial charge in [0.25, 0.3) is 0 Å².